The van der Waals surface area contributed by atoms with Gasteiger partial charge in [-0.15, -0.1) is 11.3 Å². The number of thiophene rings is 1. The van der Waals surface area contributed by atoms with Gasteiger partial charge in [0.25, 0.3) is 0 Å². The third-order valence-corrected chi connectivity index (χ3v) is 2.96. The van der Waals surface area contributed by atoms with Crippen molar-refractivity contribution in [2.24, 2.45) is 0 Å². The molecule has 0 aliphatic carbocycles. The van der Waals surface area contributed by atoms with Gasteiger partial charge in [0.2, 0.25) is 0 Å². The van der Waals surface area contributed by atoms with Crippen LogP contribution in [-0.4, -0.2) is 12.6 Å². The van der Waals surface area contributed by atoms with E-state index in [1.807, 2.05) is 24.4 Å². The summed E-state index contributed by atoms with van der Waals surface area (Å²) >= 11 is 1.54. The number of carbonyl (C=O) groups excluding carboxylic acids is 1. The fourth-order valence-corrected chi connectivity index (χ4v) is 2.19. The zero-order valence-electron chi connectivity index (χ0n) is 9.15. The van der Waals surface area contributed by atoms with E-state index in [9.17, 15) is 4.79 Å². The number of furan rings is 1. The predicted octanol–water partition coefficient (Wildman–Crippen LogP) is 3.49. The van der Waals surface area contributed by atoms with Crippen molar-refractivity contribution in [2.45, 2.75) is 13.8 Å². The van der Waals surface area contributed by atoms with Gasteiger partial charge in [0.15, 0.2) is 5.76 Å². The van der Waals surface area contributed by atoms with Gasteiger partial charge in [0.05, 0.1) is 11.5 Å². The van der Waals surface area contributed by atoms with Gasteiger partial charge in [0, 0.05) is 0 Å². The van der Waals surface area contributed by atoms with E-state index in [0.29, 0.717) is 23.7 Å². The second-order valence-electron chi connectivity index (χ2n) is 3.30. The van der Waals surface area contributed by atoms with E-state index in [1.165, 1.54) is 11.3 Å². The van der Waals surface area contributed by atoms with E-state index in [0.717, 1.165) is 4.88 Å². The van der Waals surface area contributed by atoms with Gasteiger partial charge in [-0.05, 0) is 31.4 Å². The number of hydrogen-bond donors (Lipinski definition) is 0. The summed E-state index contributed by atoms with van der Waals surface area (Å²) in [5.74, 6) is 0.986. The molecule has 0 aliphatic heterocycles. The van der Waals surface area contributed by atoms with Gasteiger partial charge in [-0.3, -0.25) is 0 Å². The Labute approximate surface area is 97.7 Å². The minimum absolute atomic E-state index is 0.331. The van der Waals surface area contributed by atoms with Crippen LogP contribution in [0.3, 0.4) is 0 Å². The highest BCUT2D eigenvalue weighted by molar-refractivity contribution is 7.13. The summed E-state index contributed by atoms with van der Waals surface area (Å²) in [5, 5.41) is 1.95. The normalized spacial score (nSPS) is 10.4. The zero-order valence-corrected chi connectivity index (χ0v) is 9.97. The molecule has 0 aliphatic rings. The quantitative estimate of drug-likeness (QED) is 0.766. The Balaban J connectivity index is 2.42. The van der Waals surface area contributed by atoms with Crippen LogP contribution >= 0.6 is 11.3 Å². The molecule has 4 heteroatoms. The summed E-state index contributed by atoms with van der Waals surface area (Å²) in [5.41, 5.74) is 0.502. The van der Waals surface area contributed by atoms with Crippen LogP contribution < -0.4 is 0 Å². The van der Waals surface area contributed by atoms with Crippen LogP contribution in [0.2, 0.25) is 0 Å². The van der Waals surface area contributed by atoms with Crippen LogP contribution in [0.4, 0.5) is 0 Å². The van der Waals surface area contributed by atoms with Crippen LogP contribution in [0.25, 0.3) is 10.6 Å². The minimum Gasteiger partial charge on any atom is -0.462 e. The summed E-state index contributed by atoms with van der Waals surface area (Å²) in [6.07, 6.45) is 0. The van der Waals surface area contributed by atoms with Crippen LogP contribution in [0.5, 0.6) is 0 Å². The lowest BCUT2D eigenvalue weighted by Crippen LogP contribution is -2.04. The molecule has 0 saturated heterocycles. The molecule has 0 aromatic carbocycles. The Bertz CT molecular complexity index is 482. The molecular formula is C12H12O3S. The second-order valence-corrected chi connectivity index (χ2v) is 4.25. The Hall–Kier alpha value is -1.55. The molecule has 2 aromatic rings. The molecule has 0 unspecified atom stereocenters. The first-order valence-electron chi connectivity index (χ1n) is 5.03. The van der Waals surface area contributed by atoms with Crippen LogP contribution in [0.1, 0.15) is 23.0 Å². The standard InChI is InChI=1S/C12H12O3S/c1-3-14-12(13)9-7-8(2)15-11(9)10-5-4-6-16-10/h4-7H,3H2,1-2H3. The number of ether oxygens (including phenoxy) is 1. The highest BCUT2D eigenvalue weighted by Crippen LogP contribution is 2.31. The van der Waals surface area contributed by atoms with Crippen molar-refractivity contribution in [3.05, 3.63) is 34.9 Å². The summed E-state index contributed by atoms with van der Waals surface area (Å²) < 4.78 is 10.5. The van der Waals surface area contributed by atoms with E-state index >= 15 is 0 Å². The molecule has 0 fully saturated rings. The molecule has 2 rings (SSSR count). The van der Waals surface area contributed by atoms with E-state index in [-0.39, 0.29) is 5.97 Å². The molecule has 0 spiro atoms. The second kappa shape index (κ2) is 4.53. The van der Waals surface area contributed by atoms with Crippen LogP contribution in [0.15, 0.2) is 28.0 Å². The molecule has 16 heavy (non-hydrogen) atoms. The summed E-state index contributed by atoms with van der Waals surface area (Å²) in [6.45, 7) is 3.97. The molecule has 2 aromatic heterocycles. The van der Waals surface area contributed by atoms with Crippen molar-refractivity contribution in [1.82, 2.24) is 0 Å². The van der Waals surface area contributed by atoms with E-state index in [1.54, 1.807) is 13.0 Å². The zero-order chi connectivity index (χ0) is 11.5. The SMILES string of the molecule is CCOC(=O)c1cc(C)oc1-c1cccs1. The Morgan fingerprint density at radius 3 is 3.00 bits per heavy atom. The maximum atomic E-state index is 11.7. The van der Waals surface area contributed by atoms with E-state index in [2.05, 4.69) is 0 Å². The predicted molar refractivity (Wildman–Crippen MR) is 62.7 cm³/mol. The largest absolute Gasteiger partial charge is 0.462 e. The van der Waals surface area contributed by atoms with Gasteiger partial charge < -0.3 is 9.15 Å². The third kappa shape index (κ3) is 2.02. The Morgan fingerprint density at radius 1 is 1.56 bits per heavy atom. The molecule has 0 saturated carbocycles. The summed E-state index contributed by atoms with van der Waals surface area (Å²) in [7, 11) is 0. The van der Waals surface area contributed by atoms with Crippen molar-refractivity contribution in [1.29, 1.82) is 0 Å². The first-order valence-corrected chi connectivity index (χ1v) is 5.91. The summed E-state index contributed by atoms with van der Waals surface area (Å²) in [6, 6.07) is 5.56. The smallest absolute Gasteiger partial charge is 0.342 e. The average Bonchev–Trinajstić information content (AvgIpc) is 2.85. The van der Waals surface area contributed by atoms with Crippen molar-refractivity contribution >= 4 is 17.3 Å². The molecule has 0 bridgehead atoms. The van der Waals surface area contributed by atoms with Gasteiger partial charge in [-0.2, -0.15) is 0 Å². The number of rotatable bonds is 3. The molecular weight excluding hydrogens is 224 g/mol. The van der Waals surface area contributed by atoms with E-state index in [4.69, 9.17) is 9.15 Å². The fraction of sp³-hybridized carbons (Fsp3) is 0.250. The highest BCUT2D eigenvalue weighted by Gasteiger charge is 2.19. The molecule has 84 valence electrons. The Morgan fingerprint density at radius 2 is 2.38 bits per heavy atom. The lowest BCUT2D eigenvalue weighted by atomic mass is 10.2. The first-order chi connectivity index (χ1) is 7.72. The van der Waals surface area contributed by atoms with Crippen molar-refractivity contribution < 1.29 is 13.9 Å². The lowest BCUT2D eigenvalue weighted by molar-refractivity contribution is 0.0527. The molecule has 0 amide bonds. The van der Waals surface area contributed by atoms with Crippen molar-refractivity contribution in [3.63, 3.8) is 0 Å². The van der Waals surface area contributed by atoms with Gasteiger partial charge >= 0.3 is 5.97 Å². The fourth-order valence-electron chi connectivity index (χ4n) is 1.47. The van der Waals surface area contributed by atoms with Gasteiger partial charge in [-0.25, -0.2) is 4.79 Å². The van der Waals surface area contributed by atoms with Gasteiger partial charge in [-0.1, -0.05) is 6.07 Å². The number of hydrogen-bond acceptors (Lipinski definition) is 4. The van der Waals surface area contributed by atoms with Crippen molar-refractivity contribution in [2.75, 3.05) is 6.61 Å². The molecule has 0 radical (unpaired) electrons. The average molecular weight is 236 g/mol. The maximum absolute atomic E-state index is 11.7. The number of esters is 1. The number of aryl methyl sites for hydroxylation is 1. The van der Waals surface area contributed by atoms with Gasteiger partial charge in [0.1, 0.15) is 11.3 Å². The van der Waals surface area contributed by atoms with Crippen molar-refractivity contribution in [3.8, 4) is 10.6 Å². The topological polar surface area (TPSA) is 39.4 Å². The first kappa shape index (κ1) is 11.0. The van der Waals surface area contributed by atoms with Crippen LogP contribution in [-0.2, 0) is 4.74 Å². The monoisotopic (exact) mass is 236 g/mol. The maximum Gasteiger partial charge on any atom is 0.342 e. The summed E-state index contributed by atoms with van der Waals surface area (Å²) in [4.78, 5) is 12.6. The minimum atomic E-state index is -0.331. The third-order valence-electron chi connectivity index (χ3n) is 2.10. The Kier molecular flexibility index (Phi) is 3.10. The molecule has 3 nitrogen and oxygen atoms in total. The number of carbonyl (C=O) groups is 1. The molecule has 0 atom stereocenters. The van der Waals surface area contributed by atoms with E-state index < -0.39 is 0 Å². The van der Waals surface area contributed by atoms with Crippen LogP contribution in [0, 0.1) is 6.92 Å². The molecule has 0 N–H and O–H groups in total. The lowest BCUT2D eigenvalue weighted by Gasteiger charge is -2.00. The molecule has 2 heterocycles. The highest BCUT2D eigenvalue weighted by atomic mass is 32.1.